The minimum absolute atomic E-state index is 0.108. The Hall–Kier alpha value is -2.66. The van der Waals surface area contributed by atoms with Crippen molar-refractivity contribution in [3.05, 3.63) is 69.7 Å². The molecule has 1 aromatic heterocycles. The van der Waals surface area contributed by atoms with Crippen LogP contribution in [0.4, 0.5) is 17.2 Å². The number of pyridine rings is 1. The van der Waals surface area contributed by atoms with Gasteiger partial charge in [-0.3, -0.25) is 10.1 Å². The number of para-hydroxylation sites is 1. The van der Waals surface area contributed by atoms with E-state index in [2.05, 4.69) is 10.3 Å². The van der Waals surface area contributed by atoms with E-state index in [1.54, 1.807) is 6.07 Å². The maximum absolute atomic E-state index is 10.9. The van der Waals surface area contributed by atoms with Gasteiger partial charge in [0, 0.05) is 17.1 Å². The van der Waals surface area contributed by atoms with Crippen molar-refractivity contribution in [2.24, 2.45) is 0 Å². The molecular formula is C15H10ClN3O2. The van der Waals surface area contributed by atoms with Gasteiger partial charge in [-0.05, 0) is 30.3 Å². The van der Waals surface area contributed by atoms with Crippen LogP contribution in [0, 0.1) is 10.1 Å². The van der Waals surface area contributed by atoms with Gasteiger partial charge in [-0.1, -0.05) is 29.8 Å². The molecule has 3 aromatic rings. The third kappa shape index (κ3) is 2.78. The molecule has 0 bridgehead atoms. The van der Waals surface area contributed by atoms with Crippen LogP contribution in [0.25, 0.3) is 10.9 Å². The molecule has 0 unspecified atom stereocenters. The molecular weight excluding hydrogens is 290 g/mol. The summed E-state index contributed by atoms with van der Waals surface area (Å²) >= 11 is 5.79. The molecule has 5 nitrogen and oxygen atoms in total. The van der Waals surface area contributed by atoms with E-state index in [1.807, 2.05) is 36.4 Å². The molecule has 0 atom stereocenters. The summed E-state index contributed by atoms with van der Waals surface area (Å²) in [6, 6.07) is 16.0. The number of aromatic nitrogens is 1. The molecule has 2 aromatic carbocycles. The maximum Gasteiger partial charge on any atom is 0.289 e. The number of hydrogen-bond donors (Lipinski definition) is 1. The van der Waals surface area contributed by atoms with Crippen LogP contribution in [0.3, 0.4) is 0 Å². The lowest BCUT2D eigenvalue weighted by Crippen LogP contribution is -1.96. The Morgan fingerprint density at radius 2 is 1.90 bits per heavy atom. The molecule has 0 fully saturated rings. The van der Waals surface area contributed by atoms with Crippen molar-refractivity contribution in [1.29, 1.82) is 0 Å². The quantitative estimate of drug-likeness (QED) is 0.569. The smallest absolute Gasteiger partial charge is 0.289 e. The molecule has 3 rings (SSSR count). The summed E-state index contributed by atoms with van der Waals surface area (Å²) in [4.78, 5) is 14.8. The third-order valence-corrected chi connectivity index (χ3v) is 3.33. The first kappa shape index (κ1) is 13.3. The third-order valence-electron chi connectivity index (χ3n) is 3.01. The summed E-state index contributed by atoms with van der Waals surface area (Å²) in [6.45, 7) is 0. The van der Waals surface area contributed by atoms with Crippen LogP contribution in [0.5, 0.6) is 0 Å². The van der Waals surface area contributed by atoms with Crippen LogP contribution in [-0.4, -0.2) is 9.91 Å². The molecule has 0 radical (unpaired) electrons. The number of benzene rings is 2. The van der Waals surface area contributed by atoms with E-state index in [1.165, 1.54) is 12.1 Å². The predicted molar refractivity (Wildman–Crippen MR) is 83.1 cm³/mol. The van der Waals surface area contributed by atoms with Crippen LogP contribution in [0.1, 0.15) is 0 Å². The molecule has 0 aliphatic carbocycles. The number of nitro groups is 1. The summed E-state index contributed by atoms with van der Waals surface area (Å²) in [7, 11) is 0. The van der Waals surface area contributed by atoms with Crippen molar-refractivity contribution in [2.45, 2.75) is 0 Å². The Morgan fingerprint density at radius 3 is 2.71 bits per heavy atom. The summed E-state index contributed by atoms with van der Waals surface area (Å²) in [5, 5.41) is 15.1. The highest BCUT2D eigenvalue weighted by Crippen LogP contribution is 2.29. The highest BCUT2D eigenvalue weighted by molar-refractivity contribution is 6.32. The Morgan fingerprint density at radius 1 is 1.10 bits per heavy atom. The first-order valence-corrected chi connectivity index (χ1v) is 6.58. The van der Waals surface area contributed by atoms with Crippen molar-refractivity contribution in [1.82, 2.24) is 4.98 Å². The van der Waals surface area contributed by atoms with Crippen LogP contribution < -0.4 is 5.32 Å². The molecule has 21 heavy (non-hydrogen) atoms. The molecule has 0 aliphatic rings. The van der Waals surface area contributed by atoms with E-state index in [9.17, 15) is 10.1 Å². The van der Waals surface area contributed by atoms with Gasteiger partial charge in [0.1, 0.15) is 10.8 Å². The number of nitrogens with one attached hydrogen (secondary N) is 1. The predicted octanol–water partition coefficient (Wildman–Crippen LogP) is 4.54. The van der Waals surface area contributed by atoms with Crippen LogP contribution >= 0.6 is 11.6 Å². The molecule has 0 aliphatic heterocycles. The van der Waals surface area contributed by atoms with Gasteiger partial charge in [0.25, 0.3) is 5.69 Å². The second-order valence-electron chi connectivity index (χ2n) is 4.44. The second-order valence-corrected chi connectivity index (χ2v) is 4.84. The maximum atomic E-state index is 10.9. The van der Waals surface area contributed by atoms with Crippen molar-refractivity contribution >= 4 is 39.7 Å². The standard InChI is InChI=1S/C15H10ClN3O2/c16-12-7-6-11(9-14(12)19(20)21)17-15-8-5-10-3-1-2-4-13(10)18-15/h1-9H,(H,17,18). The average Bonchev–Trinajstić information content (AvgIpc) is 2.49. The second kappa shape index (κ2) is 5.38. The Bertz CT molecular complexity index is 836. The van der Waals surface area contributed by atoms with Crippen molar-refractivity contribution in [2.75, 3.05) is 5.32 Å². The fourth-order valence-electron chi connectivity index (χ4n) is 2.01. The fraction of sp³-hybridized carbons (Fsp3) is 0. The number of halogens is 1. The Balaban J connectivity index is 1.94. The largest absolute Gasteiger partial charge is 0.340 e. The zero-order valence-corrected chi connectivity index (χ0v) is 11.5. The minimum atomic E-state index is -0.513. The molecule has 1 heterocycles. The van der Waals surface area contributed by atoms with E-state index in [4.69, 9.17) is 11.6 Å². The topological polar surface area (TPSA) is 68.1 Å². The van der Waals surface area contributed by atoms with Gasteiger partial charge in [0.2, 0.25) is 0 Å². The summed E-state index contributed by atoms with van der Waals surface area (Å²) < 4.78 is 0. The lowest BCUT2D eigenvalue weighted by molar-refractivity contribution is -0.384. The lowest BCUT2D eigenvalue weighted by atomic mass is 10.2. The zero-order valence-electron chi connectivity index (χ0n) is 10.8. The molecule has 104 valence electrons. The van der Waals surface area contributed by atoms with Gasteiger partial charge in [-0.15, -0.1) is 0 Å². The monoisotopic (exact) mass is 299 g/mol. The lowest BCUT2D eigenvalue weighted by Gasteiger charge is -2.07. The Kier molecular flexibility index (Phi) is 3.41. The highest BCUT2D eigenvalue weighted by Gasteiger charge is 2.12. The van der Waals surface area contributed by atoms with Crippen molar-refractivity contribution in [3.8, 4) is 0 Å². The minimum Gasteiger partial charge on any atom is -0.340 e. The molecule has 6 heteroatoms. The van der Waals surface area contributed by atoms with E-state index in [0.29, 0.717) is 11.5 Å². The van der Waals surface area contributed by atoms with Gasteiger partial charge in [0.15, 0.2) is 0 Å². The van der Waals surface area contributed by atoms with E-state index in [0.717, 1.165) is 10.9 Å². The van der Waals surface area contributed by atoms with Gasteiger partial charge in [0.05, 0.1) is 10.4 Å². The number of rotatable bonds is 3. The summed E-state index contributed by atoms with van der Waals surface area (Å²) in [6.07, 6.45) is 0. The van der Waals surface area contributed by atoms with E-state index >= 15 is 0 Å². The first-order chi connectivity index (χ1) is 10.1. The van der Waals surface area contributed by atoms with Crippen LogP contribution in [-0.2, 0) is 0 Å². The normalized spacial score (nSPS) is 10.5. The number of hydrogen-bond acceptors (Lipinski definition) is 4. The number of anilines is 2. The van der Waals surface area contributed by atoms with Gasteiger partial charge in [-0.2, -0.15) is 0 Å². The molecule has 0 amide bonds. The SMILES string of the molecule is O=[N+]([O-])c1cc(Nc2ccc3ccccc3n2)ccc1Cl. The van der Waals surface area contributed by atoms with Gasteiger partial charge in [-0.25, -0.2) is 4.98 Å². The molecule has 0 saturated carbocycles. The Labute approximate surface area is 125 Å². The number of fused-ring (bicyclic) bond motifs is 1. The fourth-order valence-corrected chi connectivity index (χ4v) is 2.20. The molecule has 0 spiro atoms. The average molecular weight is 300 g/mol. The van der Waals surface area contributed by atoms with Gasteiger partial charge >= 0.3 is 0 Å². The summed E-state index contributed by atoms with van der Waals surface area (Å²) in [5.41, 5.74) is 1.28. The van der Waals surface area contributed by atoms with Crippen LogP contribution in [0.2, 0.25) is 5.02 Å². The molecule has 1 N–H and O–H groups in total. The summed E-state index contributed by atoms with van der Waals surface area (Å²) in [5.74, 6) is 0.616. The van der Waals surface area contributed by atoms with Crippen LogP contribution in [0.15, 0.2) is 54.6 Å². The number of nitro benzene ring substituents is 1. The van der Waals surface area contributed by atoms with Crippen molar-refractivity contribution < 1.29 is 4.92 Å². The number of nitrogens with zero attached hydrogens (tertiary/aromatic N) is 2. The first-order valence-electron chi connectivity index (χ1n) is 6.20. The van der Waals surface area contributed by atoms with Crippen molar-refractivity contribution in [3.63, 3.8) is 0 Å². The van der Waals surface area contributed by atoms with E-state index < -0.39 is 4.92 Å². The highest BCUT2D eigenvalue weighted by atomic mass is 35.5. The van der Waals surface area contributed by atoms with E-state index in [-0.39, 0.29) is 10.7 Å². The molecule has 0 saturated heterocycles. The van der Waals surface area contributed by atoms with Gasteiger partial charge < -0.3 is 5.32 Å². The zero-order chi connectivity index (χ0) is 14.8.